The summed E-state index contributed by atoms with van der Waals surface area (Å²) in [5.74, 6) is 0.800. The first kappa shape index (κ1) is 16.5. The van der Waals surface area contributed by atoms with E-state index >= 15 is 0 Å². The molecular weight excluding hydrogens is 330 g/mol. The van der Waals surface area contributed by atoms with Gasteiger partial charge in [-0.15, -0.1) is 0 Å². The number of nitrogens with zero attached hydrogens (tertiary/aromatic N) is 1. The molecule has 1 unspecified atom stereocenters. The average molecular weight is 353 g/mol. The van der Waals surface area contributed by atoms with Crippen molar-refractivity contribution in [1.82, 2.24) is 10.2 Å². The maximum atomic E-state index is 12.5. The van der Waals surface area contributed by atoms with Gasteiger partial charge in [0.2, 0.25) is 0 Å². The molecule has 130 valence electrons. The van der Waals surface area contributed by atoms with Crippen LogP contribution in [0.3, 0.4) is 0 Å². The van der Waals surface area contributed by atoms with Gasteiger partial charge in [-0.25, -0.2) is 0 Å². The molecule has 4 rings (SSSR count). The SMILES string of the molecule is Nc1ccc(Sc2ccc(C(=O)N[C@@H]3C[C@H]4CCN(C4)C3)cc2)cc1. The highest BCUT2D eigenvalue weighted by Gasteiger charge is 2.32. The Balaban J connectivity index is 1.36. The normalized spacial score (nSPS) is 24.9. The number of hydrogen-bond donors (Lipinski definition) is 2. The second-order valence-electron chi connectivity index (χ2n) is 7.02. The van der Waals surface area contributed by atoms with Crippen molar-refractivity contribution in [3.63, 3.8) is 0 Å². The van der Waals surface area contributed by atoms with Crippen LogP contribution >= 0.6 is 11.8 Å². The van der Waals surface area contributed by atoms with Crippen LogP contribution in [0.15, 0.2) is 58.3 Å². The third-order valence-corrected chi connectivity index (χ3v) is 6.05. The van der Waals surface area contributed by atoms with Gasteiger partial charge in [-0.3, -0.25) is 4.79 Å². The number of carbonyl (C=O) groups excluding carboxylic acids is 1. The summed E-state index contributed by atoms with van der Waals surface area (Å²) >= 11 is 1.67. The number of piperidine rings is 1. The van der Waals surface area contributed by atoms with Crippen molar-refractivity contribution in [3.05, 3.63) is 54.1 Å². The van der Waals surface area contributed by atoms with E-state index in [0.29, 0.717) is 0 Å². The van der Waals surface area contributed by atoms with E-state index in [4.69, 9.17) is 5.73 Å². The number of benzene rings is 2. The largest absolute Gasteiger partial charge is 0.399 e. The third kappa shape index (κ3) is 3.99. The van der Waals surface area contributed by atoms with Crippen LogP contribution in [0.5, 0.6) is 0 Å². The molecule has 25 heavy (non-hydrogen) atoms. The molecule has 4 nitrogen and oxygen atoms in total. The summed E-state index contributed by atoms with van der Waals surface area (Å²) in [5.41, 5.74) is 7.21. The molecule has 2 aromatic rings. The molecule has 5 heteroatoms. The maximum Gasteiger partial charge on any atom is 0.251 e. The highest BCUT2D eigenvalue weighted by molar-refractivity contribution is 7.99. The van der Waals surface area contributed by atoms with Gasteiger partial charge in [0.05, 0.1) is 0 Å². The second-order valence-corrected chi connectivity index (χ2v) is 8.16. The Bertz CT molecular complexity index is 733. The number of hydrogen-bond acceptors (Lipinski definition) is 4. The van der Waals surface area contributed by atoms with Crippen molar-refractivity contribution >= 4 is 23.4 Å². The zero-order valence-corrected chi connectivity index (χ0v) is 15.0. The first-order valence-electron chi connectivity index (χ1n) is 8.82. The van der Waals surface area contributed by atoms with Crippen molar-refractivity contribution < 1.29 is 4.79 Å². The summed E-state index contributed by atoms with van der Waals surface area (Å²) in [6.07, 6.45) is 2.40. The van der Waals surface area contributed by atoms with E-state index in [2.05, 4.69) is 10.2 Å². The Hall–Kier alpha value is -1.98. The van der Waals surface area contributed by atoms with Crippen LogP contribution in [-0.2, 0) is 0 Å². The summed E-state index contributed by atoms with van der Waals surface area (Å²) in [4.78, 5) is 17.2. The second kappa shape index (κ2) is 7.10. The molecule has 0 radical (unpaired) electrons. The molecule has 2 aromatic carbocycles. The van der Waals surface area contributed by atoms with Gasteiger partial charge in [0.1, 0.15) is 0 Å². The van der Waals surface area contributed by atoms with Gasteiger partial charge in [-0.05, 0) is 73.8 Å². The highest BCUT2D eigenvalue weighted by atomic mass is 32.2. The van der Waals surface area contributed by atoms with Gasteiger partial charge < -0.3 is 16.0 Å². The number of rotatable bonds is 4. The maximum absolute atomic E-state index is 12.5. The summed E-state index contributed by atoms with van der Waals surface area (Å²) in [6.45, 7) is 3.39. The van der Waals surface area contributed by atoms with Crippen molar-refractivity contribution in [3.8, 4) is 0 Å². The van der Waals surface area contributed by atoms with Crippen molar-refractivity contribution in [2.45, 2.75) is 28.7 Å². The van der Waals surface area contributed by atoms with Crippen molar-refractivity contribution in [1.29, 1.82) is 0 Å². The molecule has 0 aliphatic carbocycles. The molecule has 2 bridgehead atoms. The Morgan fingerprint density at radius 2 is 1.72 bits per heavy atom. The average Bonchev–Trinajstić information content (AvgIpc) is 2.96. The number of nitrogens with two attached hydrogens (primary N) is 1. The van der Waals surface area contributed by atoms with Crippen LogP contribution in [0, 0.1) is 5.92 Å². The minimum atomic E-state index is 0.0385. The number of carbonyl (C=O) groups is 1. The molecule has 0 spiro atoms. The fourth-order valence-electron chi connectivity index (χ4n) is 3.78. The standard InChI is InChI=1S/C20H23N3OS/c21-16-3-7-19(8-4-16)25-18-5-1-15(2-6-18)20(24)22-17-11-14-9-10-23(12-14)13-17/h1-8,14,17H,9-13,21H2,(H,22,24)/t14-,17-/m1/s1. The third-order valence-electron chi connectivity index (χ3n) is 5.03. The lowest BCUT2D eigenvalue weighted by Gasteiger charge is -2.30. The number of anilines is 1. The van der Waals surface area contributed by atoms with Gasteiger partial charge in [-0.2, -0.15) is 0 Å². The Labute approximate surface area is 152 Å². The van der Waals surface area contributed by atoms with Crippen LogP contribution in [-0.4, -0.2) is 36.5 Å². The van der Waals surface area contributed by atoms with Crippen LogP contribution in [0.4, 0.5) is 5.69 Å². The Morgan fingerprint density at radius 1 is 1.04 bits per heavy atom. The minimum Gasteiger partial charge on any atom is -0.399 e. The van der Waals surface area contributed by atoms with Crippen LogP contribution in [0.1, 0.15) is 23.2 Å². The number of fused-ring (bicyclic) bond motifs is 2. The van der Waals surface area contributed by atoms with Gasteiger partial charge in [0.15, 0.2) is 0 Å². The summed E-state index contributed by atoms with van der Waals surface area (Å²) < 4.78 is 0. The summed E-state index contributed by atoms with van der Waals surface area (Å²) in [5, 5.41) is 3.21. The lowest BCUT2D eigenvalue weighted by molar-refractivity contribution is 0.0909. The number of amides is 1. The predicted octanol–water partition coefficient (Wildman–Crippen LogP) is 3.24. The lowest BCUT2D eigenvalue weighted by atomic mass is 9.96. The first-order chi connectivity index (χ1) is 12.2. The molecule has 2 fully saturated rings. The van der Waals surface area contributed by atoms with Crippen LogP contribution in [0.25, 0.3) is 0 Å². The molecule has 1 amide bonds. The zero-order valence-electron chi connectivity index (χ0n) is 14.2. The fourth-order valence-corrected chi connectivity index (χ4v) is 4.60. The molecule has 2 aliphatic rings. The summed E-state index contributed by atoms with van der Waals surface area (Å²) in [7, 11) is 0. The molecule has 0 saturated carbocycles. The van der Waals surface area contributed by atoms with Crippen LogP contribution in [0.2, 0.25) is 0 Å². The molecule has 2 aliphatic heterocycles. The van der Waals surface area contributed by atoms with E-state index in [1.165, 1.54) is 19.5 Å². The Kier molecular flexibility index (Phi) is 4.68. The van der Waals surface area contributed by atoms with E-state index in [1.807, 2.05) is 48.5 Å². The van der Waals surface area contributed by atoms with E-state index < -0.39 is 0 Å². The monoisotopic (exact) mass is 353 g/mol. The van der Waals surface area contributed by atoms with Gasteiger partial charge in [0.25, 0.3) is 5.91 Å². The Morgan fingerprint density at radius 3 is 2.40 bits per heavy atom. The number of nitrogens with one attached hydrogen (secondary N) is 1. The lowest BCUT2D eigenvalue weighted by Crippen LogP contribution is -2.47. The van der Waals surface area contributed by atoms with Gasteiger partial charge >= 0.3 is 0 Å². The molecule has 2 saturated heterocycles. The van der Waals surface area contributed by atoms with E-state index in [0.717, 1.165) is 39.9 Å². The fraction of sp³-hybridized carbons (Fsp3) is 0.350. The smallest absolute Gasteiger partial charge is 0.251 e. The molecule has 0 aromatic heterocycles. The molecule has 3 N–H and O–H groups in total. The quantitative estimate of drug-likeness (QED) is 0.829. The van der Waals surface area contributed by atoms with E-state index in [1.54, 1.807) is 11.8 Å². The highest BCUT2D eigenvalue weighted by Crippen LogP contribution is 2.29. The van der Waals surface area contributed by atoms with Gasteiger partial charge in [-0.1, -0.05) is 11.8 Å². The zero-order chi connectivity index (χ0) is 17.2. The van der Waals surface area contributed by atoms with Crippen molar-refractivity contribution in [2.75, 3.05) is 25.4 Å². The first-order valence-corrected chi connectivity index (χ1v) is 9.64. The van der Waals surface area contributed by atoms with Crippen LogP contribution < -0.4 is 11.1 Å². The predicted molar refractivity (Wildman–Crippen MR) is 102 cm³/mol. The minimum absolute atomic E-state index is 0.0385. The molecule has 2 heterocycles. The molecule has 3 atom stereocenters. The topological polar surface area (TPSA) is 58.4 Å². The van der Waals surface area contributed by atoms with E-state index in [9.17, 15) is 4.79 Å². The van der Waals surface area contributed by atoms with Gasteiger partial charge in [0, 0.05) is 40.2 Å². The van der Waals surface area contributed by atoms with E-state index in [-0.39, 0.29) is 11.9 Å². The summed E-state index contributed by atoms with van der Waals surface area (Å²) in [6, 6.07) is 15.9. The number of nitrogen functional groups attached to an aromatic ring is 1. The molecular formula is C20H23N3OS. The van der Waals surface area contributed by atoms with Crippen molar-refractivity contribution in [2.24, 2.45) is 5.92 Å².